The minimum Gasteiger partial charge on any atom is -0.493 e. The third kappa shape index (κ3) is 22.7. The van der Waals surface area contributed by atoms with Gasteiger partial charge in [0.2, 0.25) is 0 Å². The van der Waals surface area contributed by atoms with Crippen molar-refractivity contribution in [1.82, 2.24) is 94.1 Å². The van der Waals surface area contributed by atoms with E-state index in [0.29, 0.717) is 141 Å². The number of fused-ring (bicyclic) bond motifs is 3. The molecule has 3 fully saturated rings. The number of piperazine rings is 3. The van der Waals surface area contributed by atoms with Crippen LogP contribution in [0.5, 0.6) is 17.2 Å². The Hall–Kier alpha value is -11.5. The number of likely N-dealkylation sites (N-methyl/N-ethyl adjacent to an activating group) is 4. The van der Waals surface area contributed by atoms with Crippen molar-refractivity contribution in [3.05, 3.63) is 216 Å². The van der Waals surface area contributed by atoms with Gasteiger partial charge in [0.05, 0.1) is 73.8 Å². The van der Waals surface area contributed by atoms with Gasteiger partial charge >= 0.3 is 0 Å². The van der Waals surface area contributed by atoms with E-state index in [2.05, 4.69) is 98.9 Å². The van der Waals surface area contributed by atoms with Gasteiger partial charge in [-0.05, 0) is 136 Å². The number of carbonyl (C=O) groups is 3. The minimum atomic E-state index is -0.329. The number of amides is 3. The Labute approximate surface area is 675 Å². The van der Waals surface area contributed by atoms with Crippen LogP contribution in [0.3, 0.4) is 0 Å². The van der Waals surface area contributed by atoms with Crippen molar-refractivity contribution in [3.63, 3.8) is 0 Å². The molecule has 29 heteroatoms. The van der Waals surface area contributed by atoms with Gasteiger partial charge in [0.25, 0.3) is 17.7 Å². The first kappa shape index (κ1) is 82.4. The smallest absolute Gasteiger partial charge is 0.270 e. The molecule has 0 aliphatic carbocycles. The number of benzene rings is 3. The van der Waals surface area contributed by atoms with E-state index in [1.54, 1.807) is 50.4 Å². The van der Waals surface area contributed by atoms with Crippen molar-refractivity contribution in [2.45, 2.75) is 33.1 Å². The number of carbonyl (C=O) groups excluding carboxylic acids is 3. The zero-order valence-corrected chi connectivity index (χ0v) is 67.1. The van der Waals surface area contributed by atoms with E-state index in [1.165, 1.54) is 0 Å². The average Bonchev–Trinajstić information content (AvgIpc) is 1.64. The largest absolute Gasteiger partial charge is 0.493 e. The fourth-order valence-corrected chi connectivity index (χ4v) is 13.5. The van der Waals surface area contributed by atoms with E-state index in [-0.39, 0.29) is 36.4 Å². The second kappa shape index (κ2) is 39.7. The highest BCUT2D eigenvalue weighted by atomic mass is 16.5. The van der Waals surface area contributed by atoms with E-state index in [9.17, 15) is 19.5 Å². The van der Waals surface area contributed by atoms with Crippen LogP contribution in [0.1, 0.15) is 79.5 Å². The maximum absolute atomic E-state index is 13.0. The van der Waals surface area contributed by atoms with Crippen LogP contribution in [0.15, 0.2) is 165 Å². The zero-order chi connectivity index (χ0) is 80.9. The molecular weight excluding hydrogens is 1470 g/mol. The molecule has 0 bridgehead atoms. The molecule has 9 aromatic heterocycles. The Morgan fingerprint density at radius 3 is 1.13 bits per heavy atom. The van der Waals surface area contributed by atoms with Crippen molar-refractivity contribution in [3.8, 4) is 51.4 Å². The number of pyridine rings is 3. The predicted octanol–water partition coefficient (Wildman–Crippen LogP) is 8.74. The average molecular weight is 1570 g/mol. The Balaban J connectivity index is 0.000000151. The van der Waals surface area contributed by atoms with Crippen molar-refractivity contribution in [2.75, 3.05) is 180 Å². The molecule has 116 heavy (non-hydrogen) atoms. The number of H-pyrrole nitrogens is 3. The highest BCUT2D eigenvalue weighted by Crippen LogP contribution is 2.29. The fraction of sp³-hybridized carbons (Fsp3) is 0.379. The van der Waals surface area contributed by atoms with Crippen molar-refractivity contribution >= 4 is 50.4 Å². The lowest BCUT2D eigenvalue weighted by Gasteiger charge is -2.32. The number of nitrogens with zero attached hydrogens (tertiary/aromatic N) is 16. The molecule has 0 atom stereocenters. The van der Waals surface area contributed by atoms with Crippen LogP contribution in [0.2, 0.25) is 0 Å². The molecule has 12 aromatic rings. The second-order valence-corrected chi connectivity index (χ2v) is 30.3. The van der Waals surface area contributed by atoms with Gasteiger partial charge in [-0.15, -0.1) is 0 Å². The van der Waals surface area contributed by atoms with E-state index in [1.807, 2.05) is 144 Å². The lowest BCUT2D eigenvalue weighted by atomic mass is 9.96. The summed E-state index contributed by atoms with van der Waals surface area (Å²) in [7, 11) is 9.83. The molecule has 3 aliphatic rings. The number of aromatic nitrogens is 12. The Kier molecular flexibility index (Phi) is 28.2. The number of hydrogen-bond donors (Lipinski definition) is 5. The van der Waals surface area contributed by atoms with Gasteiger partial charge in [-0.2, -0.15) is 0 Å². The molecule has 0 spiro atoms. The van der Waals surface area contributed by atoms with Gasteiger partial charge in [0, 0.05) is 212 Å². The summed E-state index contributed by atoms with van der Waals surface area (Å²) in [5, 5.41) is 21.5. The molecular formula is C87H103N19O10. The summed E-state index contributed by atoms with van der Waals surface area (Å²) in [5.41, 5.74) is 11.8. The maximum atomic E-state index is 13.0. The fourth-order valence-electron chi connectivity index (χ4n) is 13.5. The molecule has 0 saturated carbocycles. The molecule has 606 valence electrons. The topological polar surface area (TPSA) is 324 Å². The molecule has 3 aliphatic heterocycles. The van der Waals surface area contributed by atoms with Crippen molar-refractivity contribution in [1.29, 1.82) is 0 Å². The first-order valence-electron chi connectivity index (χ1n) is 39.4. The van der Waals surface area contributed by atoms with Crippen LogP contribution in [-0.4, -0.2) is 302 Å². The molecule has 0 unspecified atom stereocenters. The summed E-state index contributed by atoms with van der Waals surface area (Å²) in [5.74, 6) is 4.31. The summed E-state index contributed by atoms with van der Waals surface area (Å²) < 4.78 is 28.0. The second-order valence-electron chi connectivity index (χ2n) is 30.3. The molecule has 12 heterocycles. The number of aliphatic hydroxyl groups is 2. The lowest BCUT2D eigenvalue weighted by molar-refractivity contribution is 0.0544. The van der Waals surface area contributed by atoms with Crippen LogP contribution >= 0.6 is 0 Å². The monoisotopic (exact) mass is 1570 g/mol. The van der Waals surface area contributed by atoms with E-state index in [4.69, 9.17) is 43.7 Å². The van der Waals surface area contributed by atoms with Gasteiger partial charge in [0.1, 0.15) is 65.0 Å². The number of hydrogen-bond acceptors (Lipinski definition) is 23. The first-order valence-corrected chi connectivity index (χ1v) is 39.4. The Morgan fingerprint density at radius 1 is 0.414 bits per heavy atom. The van der Waals surface area contributed by atoms with Gasteiger partial charge in [0.15, 0.2) is 0 Å². The number of methoxy groups -OCH3 is 1. The van der Waals surface area contributed by atoms with Crippen LogP contribution in [0.4, 0.5) is 0 Å². The highest BCUT2D eigenvalue weighted by molar-refractivity contribution is 6.00. The zero-order valence-electron chi connectivity index (χ0n) is 67.1. The highest BCUT2D eigenvalue weighted by Gasteiger charge is 2.26. The molecule has 0 radical (unpaired) electrons. The van der Waals surface area contributed by atoms with Gasteiger partial charge in [-0.3, -0.25) is 29.3 Å². The quantitative estimate of drug-likeness (QED) is 0.0273. The summed E-state index contributed by atoms with van der Waals surface area (Å²) in [4.78, 5) is 104. The number of rotatable bonds is 29. The van der Waals surface area contributed by atoms with E-state index >= 15 is 0 Å². The minimum absolute atomic E-state index is 0.0443. The number of nitrogens with one attached hydrogen (secondary N) is 3. The number of aromatic amines is 3. The number of aliphatic hydroxyl groups excluding tert-OH is 2. The van der Waals surface area contributed by atoms with Gasteiger partial charge in [-0.25, -0.2) is 29.9 Å². The van der Waals surface area contributed by atoms with Crippen LogP contribution in [0, 0.1) is 5.41 Å². The molecule has 3 saturated heterocycles. The third-order valence-corrected chi connectivity index (χ3v) is 20.5. The summed E-state index contributed by atoms with van der Waals surface area (Å²) in [6, 6.07) is 40.8. The van der Waals surface area contributed by atoms with Gasteiger partial charge in [-0.1, -0.05) is 32.0 Å². The summed E-state index contributed by atoms with van der Waals surface area (Å²) >= 11 is 0. The standard InChI is InChI=1S/C29H35N7O3.C29H34N6O4.C29H34N6O3/c1-34-9-11-36(12-10-34)29(38)27-19-22-17-21(3-4-24(22)32-27)18-28-31-8-6-25(33-28)26-20-23(5-7-30-26)39-16-14-35(2)13-15-37;1-34-9-11-35(12-10-34)29(36)27-19-22-17-21(3-4-24(22)32-27)18-28-31-8-6-25(33-28)26-20-23(5-7-30-26)39-16-15-38-14-13-37-2;1-29(2,18-36)19-38-22-6-8-30-25(17-22)24-7-9-31-27(33-24)15-20-4-5-23-21(14-20)16-26(32-23)28(37)35-12-10-34(3)11-13-35/h3-8,17,19-20,32,37H,9-16,18H2,1-2H3;3-8,17,19-20,32H,9-16,18H2,1-2H3;4-9,14,16-17,32,36H,10-13,15,18-19H2,1-3H3. The molecule has 3 aromatic carbocycles. The Bertz CT molecular complexity index is 5260. The molecule has 3 amide bonds. The van der Waals surface area contributed by atoms with Crippen molar-refractivity contribution < 1.29 is 48.3 Å². The Morgan fingerprint density at radius 2 is 0.767 bits per heavy atom. The molecule has 29 nitrogen and oxygen atoms in total. The van der Waals surface area contributed by atoms with Crippen LogP contribution in [0.25, 0.3) is 66.9 Å². The SMILES string of the molecule is CN(CCO)CCOc1ccnc(-c2ccnc(Cc3ccc4[nH]c(C(=O)N5CCN(C)CC5)cc4c3)n2)c1.CN1CCN(C(=O)c2cc3cc(Cc4nccc(-c5cc(OCC(C)(C)CO)ccn5)n4)ccc3[nH]2)CC1.COCCOCCOc1ccnc(-c2ccnc(Cc3ccc4[nH]c(C(=O)N5CCN(C)CC5)cc4c3)n2)c1. The van der Waals surface area contributed by atoms with Gasteiger partial charge < -0.3 is 83.1 Å². The summed E-state index contributed by atoms with van der Waals surface area (Å²) in [6.07, 6.45) is 12.0. The van der Waals surface area contributed by atoms with E-state index in [0.717, 1.165) is 145 Å². The van der Waals surface area contributed by atoms with Crippen molar-refractivity contribution in [2.24, 2.45) is 5.41 Å². The number of ether oxygens (including phenoxy) is 5. The normalized spacial score (nSPS) is 14.4. The lowest BCUT2D eigenvalue weighted by Crippen LogP contribution is -2.47. The third-order valence-electron chi connectivity index (χ3n) is 20.5. The predicted molar refractivity (Wildman–Crippen MR) is 444 cm³/mol. The van der Waals surface area contributed by atoms with Crippen LogP contribution < -0.4 is 14.2 Å². The maximum Gasteiger partial charge on any atom is 0.270 e. The van der Waals surface area contributed by atoms with E-state index < -0.39 is 0 Å². The molecule has 15 rings (SSSR count). The first-order chi connectivity index (χ1) is 56.4. The van der Waals surface area contributed by atoms with Crippen LogP contribution in [-0.2, 0) is 28.7 Å². The molecule has 5 N–H and O–H groups in total. The summed E-state index contributed by atoms with van der Waals surface area (Å²) in [6.45, 7) is 18.2.